The molecular weight excluding hydrogens is 232 g/mol. The highest BCUT2D eigenvalue weighted by molar-refractivity contribution is 7.80. The molecule has 2 rings (SSSR count). The maximum atomic E-state index is 11.2. The fraction of sp³-hybridized carbons (Fsp3) is 0.214. The van der Waals surface area contributed by atoms with Gasteiger partial charge < -0.3 is 5.11 Å². The molecule has 0 aliphatic rings. The van der Waals surface area contributed by atoms with E-state index in [0.717, 1.165) is 21.2 Å². The van der Waals surface area contributed by atoms with E-state index in [0.29, 0.717) is 0 Å². The van der Waals surface area contributed by atoms with Crippen molar-refractivity contribution in [1.29, 1.82) is 0 Å². The van der Waals surface area contributed by atoms with Gasteiger partial charge in [-0.15, -0.1) is 12.6 Å². The Morgan fingerprint density at radius 3 is 2.35 bits per heavy atom. The van der Waals surface area contributed by atoms with E-state index in [1.807, 2.05) is 36.4 Å². The summed E-state index contributed by atoms with van der Waals surface area (Å²) in [6.45, 7) is 3.42. The maximum Gasteiger partial charge on any atom is 0.313 e. The van der Waals surface area contributed by atoms with Crippen molar-refractivity contribution >= 4 is 29.4 Å². The zero-order chi connectivity index (χ0) is 12.6. The molecular formula is C14H14O2S. The molecule has 0 aromatic heterocycles. The van der Waals surface area contributed by atoms with Gasteiger partial charge in [-0.3, -0.25) is 4.79 Å². The fourth-order valence-corrected chi connectivity index (χ4v) is 1.96. The van der Waals surface area contributed by atoms with Gasteiger partial charge in [-0.1, -0.05) is 24.3 Å². The minimum Gasteiger partial charge on any atom is -0.481 e. The summed E-state index contributed by atoms with van der Waals surface area (Å²) < 4.78 is 0. The monoisotopic (exact) mass is 246 g/mol. The van der Waals surface area contributed by atoms with Gasteiger partial charge in [-0.05, 0) is 42.3 Å². The van der Waals surface area contributed by atoms with Crippen molar-refractivity contribution in [1.82, 2.24) is 0 Å². The third-order valence-electron chi connectivity index (χ3n) is 3.08. The van der Waals surface area contributed by atoms with Gasteiger partial charge in [0.25, 0.3) is 0 Å². The van der Waals surface area contributed by atoms with Gasteiger partial charge in [0.2, 0.25) is 0 Å². The summed E-state index contributed by atoms with van der Waals surface area (Å²) in [5, 5.41) is 11.3. The van der Waals surface area contributed by atoms with Crippen molar-refractivity contribution in [3.05, 3.63) is 42.0 Å². The summed E-state index contributed by atoms with van der Waals surface area (Å²) in [6, 6.07) is 11.6. The molecule has 0 saturated carbocycles. The second-order valence-corrected chi connectivity index (χ2v) is 5.19. The fourth-order valence-electron chi connectivity index (χ4n) is 1.75. The predicted octanol–water partition coefficient (Wildman–Crippen LogP) is 3.49. The zero-order valence-electron chi connectivity index (χ0n) is 9.77. The molecule has 0 radical (unpaired) electrons. The van der Waals surface area contributed by atoms with Crippen molar-refractivity contribution in [2.45, 2.75) is 24.2 Å². The lowest BCUT2D eigenvalue weighted by molar-refractivity contribution is -0.142. The Kier molecular flexibility index (Phi) is 2.87. The minimum absolute atomic E-state index is 0.810. The summed E-state index contributed by atoms with van der Waals surface area (Å²) in [4.78, 5) is 12.1. The number of fused-ring (bicyclic) bond motifs is 1. The van der Waals surface area contributed by atoms with E-state index < -0.39 is 11.4 Å². The molecule has 17 heavy (non-hydrogen) atoms. The van der Waals surface area contributed by atoms with Gasteiger partial charge in [-0.2, -0.15) is 0 Å². The number of carboxylic acid groups (broad SMARTS) is 1. The quantitative estimate of drug-likeness (QED) is 0.796. The number of aliphatic carboxylic acids is 1. The standard InChI is InChI=1S/C14H14O2S/c1-14(2,13(15)16)11-5-3-10-8-12(17)6-4-9(10)7-11/h3-8,17H,1-2H3,(H,15,16). The summed E-state index contributed by atoms with van der Waals surface area (Å²) in [5.41, 5.74) is -0.0576. The average molecular weight is 246 g/mol. The third-order valence-corrected chi connectivity index (χ3v) is 3.36. The van der Waals surface area contributed by atoms with E-state index in [2.05, 4.69) is 12.6 Å². The number of carbonyl (C=O) groups is 1. The van der Waals surface area contributed by atoms with Crippen molar-refractivity contribution in [3.8, 4) is 0 Å². The van der Waals surface area contributed by atoms with Crippen LogP contribution in [-0.4, -0.2) is 11.1 Å². The Morgan fingerprint density at radius 2 is 1.71 bits per heavy atom. The van der Waals surface area contributed by atoms with Crippen LogP contribution in [0.25, 0.3) is 10.8 Å². The Bertz CT molecular complexity index is 588. The smallest absolute Gasteiger partial charge is 0.313 e. The van der Waals surface area contributed by atoms with Gasteiger partial charge >= 0.3 is 5.97 Å². The van der Waals surface area contributed by atoms with E-state index >= 15 is 0 Å². The molecule has 0 amide bonds. The first kappa shape index (κ1) is 12.0. The molecule has 2 aromatic carbocycles. The highest BCUT2D eigenvalue weighted by Gasteiger charge is 2.29. The summed E-state index contributed by atoms with van der Waals surface area (Å²) in [6.07, 6.45) is 0. The molecule has 2 nitrogen and oxygen atoms in total. The first-order valence-corrected chi connectivity index (χ1v) is 5.82. The Labute approximate surface area is 106 Å². The van der Waals surface area contributed by atoms with Crippen molar-refractivity contribution in [2.75, 3.05) is 0 Å². The van der Waals surface area contributed by atoms with Gasteiger partial charge in [-0.25, -0.2) is 0 Å². The van der Waals surface area contributed by atoms with Crippen LogP contribution in [-0.2, 0) is 10.2 Å². The Balaban J connectivity index is 2.59. The molecule has 0 aliphatic carbocycles. The molecule has 0 atom stereocenters. The van der Waals surface area contributed by atoms with Crippen molar-refractivity contribution in [3.63, 3.8) is 0 Å². The lowest BCUT2D eigenvalue weighted by atomic mass is 9.84. The van der Waals surface area contributed by atoms with Crippen LogP contribution in [0.3, 0.4) is 0 Å². The first-order valence-electron chi connectivity index (χ1n) is 5.38. The molecule has 0 fully saturated rings. The second-order valence-electron chi connectivity index (χ2n) is 4.68. The van der Waals surface area contributed by atoms with Gasteiger partial charge in [0, 0.05) is 4.90 Å². The Hall–Kier alpha value is -1.48. The second kappa shape index (κ2) is 4.08. The topological polar surface area (TPSA) is 37.3 Å². The zero-order valence-corrected chi connectivity index (χ0v) is 10.7. The van der Waals surface area contributed by atoms with Gasteiger partial charge in [0.15, 0.2) is 0 Å². The van der Waals surface area contributed by atoms with Crippen LogP contribution in [0.4, 0.5) is 0 Å². The van der Waals surface area contributed by atoms with Crippen LogP contribution in [0.15, 0.2) is 41.3 Å². The number of hydrogen-bond acceptors (Lipinski definition) is 2. The van der Waals surface area contributed by atoms with E-state index in [1.165, 1.54) is 0 Å². The highest BCUT2D eigenvalue weighted by atomic mass is 32.1. The Morgan fingerprint density at radius 1 is 1.12 bits per heavy atom. The number of carboxylic acids is 1. The van der Waals surface area contributed by atoms with Crippen molar-refractivity contribution in [2.24, 2.45) is 0 Å². The molecule has 0 aliphatic heterocycles. The molecule has 0 unspecified atom stereocenters. The van der Waals surface area contributed by atoms with Crippen LogP contribution >= 0.6 is 12.6 Å². The first-order chi connectivity index (χ1) is 7.91. The predicted molar refractivity (Wildman–Crippen MR) is 71.9 cm³/mol. The molecule has 0 bridgehead atoms. The maximum absolute atomic E-state index is 11.2. The van der Waals surface area contributed by atoms with E-state index in [9.17, 15) is 9.90 Å². The lowest BCUT2D eigenvalue weighted by Crippen LogP contribution is -2.28. The van der Waals surface area contributed by atoms with E-state index in [4.69, 9.17) is 0 Å². The van der Waals surface area contributed by atoms with E-state index in [-0.39, 0.29) is 0 Å². The molecule has 88 valence electrons. The summed E-state index contributed by atoms with van der Waals surface area (Å²) in [7, 11) is 0. The summed E-state index contributed by atoms with van der Waals surface area (Å²) in [5.74, 6) is -0.817. The normalized spacial score (nSPS) is 11.7. The molecule has 0 heterocycles. The van der Waals surface area contributed by atoms with Gasteiger partial charge in [0.1, 0.15) is 0 Å². The van der Waals surface area contributed by atoms with Crippen LogP contribution in [0.2, 0.25) is 0 Å². The van der Waals surface area contributed by atoms with Crippen LogP contribution in [0.5, 0.6) is 0 Å². The molecule has 2 aromatic rings. The van der Waals surface area contributed by atoms with Crippen molar-refractivity contribution < 1.29 is 9.90 Å². The van der Waals surface area contributed by atoms with Crippen LogP contribution in [0, 0.1) is 0 Å². The van der Waals surface area contributed by atoms with Crippen LogP contribution < -0.4 is 0 Å². The van der Waals surface area contributed by atoms with Crippen LogP contribution in [0.1, 0.15) is 19.4 Å². The number of rotatable bonds is 2. The molecule has 0 spiro atoms. The molecule has 3 heteroatoms. The summed E-state index contributed by atoms with van der Waals surface area (Å²) >= 11 is 4.28. The highest BCUT2D eigenvalue weighted by Crippen LogP contribution is 2.27. The minimum atomic E-state index is -0.867. The SMILES string of the molecule is CC(C)(C(=O)O)c1ccc2cc(S)ccc2c1. The lowest BCUT2D eigenvalue weighted by Gasteiger charge is -2.20. The van der Waals surface area contributed by atoms with Gasteiger partial charge in [0.05, 0.1) is 5.41 Å². The largest absolute Gasteiger partial charge is 0.481 e. The number of hydrogen-bond donors (Lipinski definition) is 2. The number of benzene rings is 2. The van der Waals surface area contributed by atoms with E-state index in [1.54, 1.807) is 13.8 Å². The third kappa shape index (κ3) is 2.15. The number of thiol groups is 1. The molecule has 0 saturated heterocycles. The molecule has 1 N–H and O–H groups in total. The average Bonchev–Trinajstić information content (AvgIpc) is 2.28.